The molecule has 0 fully saturated rings. The Hall–Kier alpha value is -1.45. The average molecular weight is 366 g/mol. The van der Waals surface area contributed by atoms with Gasteiger partial charge in [-0.15, -0.1) is 0 Å². The van der Waals surface area contributed by atoms with Crippen molar-refractivity contribution in [3.8, 4) is 0 Å². The molecule has 0 bridgehead atoms. The van der Waals surface area contributed by atoms with E-state index in [4.69, 9.17) is 10.2 Å². The number of hydrogen-bond acceptors (Lipinski definition) is 4. The number of carbonyl (C=O) groups is 2. The molecular weight excluding hydrogens is 354 g/mol. The van der Waals surface area contributed by atoms with Gasteiger partial charge in [0.2, 0.25) is 10.0 Å². The van der Waals surface area contributed by atoms with Gasteiger partial charge < -0.3 is 10.2 Å². The van der Waals surface area contributed by atoms with Gasteiger partial charge in [0.05, 0.1) is 4.90 Å². The lowest BCUT2D eigenvalue weighted by Crippen LogP contribution is -2.39. The van der Waals surface area contributed by atoms with E-state index in [1.165, 1.54) is 12.1 Å². The minimum atomic E-state index is -4.20. The highest BCUT2D eigenvalue weighted by molar-refractivity contribution is 9.10. The number of rotatable bonds is 6. The normalized spacial score (nSPS) is 11.6. The Bertz CT molecular complexity index is 626. The molecule has 9 heteroatoms. The van der Waals surface area contributed by atoms with Gasteiger partial charge in [-0.1, -0.05) is 22.0 Å². The van der Waals surface area contributed by atoms with Gasteiger partial charge in [-0.25, -0.2) is 8.42 Å². The van der Waals surface area contributed by atoms with Crippen LogP contribution in [0.15, 0.2) is 27.6 Å². The van der Waals surface area contributed by atoms with Gasteiger partial charge >= 0.3 is 11.9 Å². The standard InChI is InChI=1S/C11H12BrNO6S/c1-7-2-3-8(12)4-9(7)20(18,19)13(5-10(14)15)6-11(16)17/h2-4H,5-6H2,1H3,(H,14,15)(H,16,17). The zero-order chi connectivity index (χ0) is 15.5. The van der Waals surface area contributed by atoms with Gasteiger partial charge in [-0.2, -0.15) is 4.31 Å². The Labute approximate surface area is 124 Å². The van der Waals surface area contributed by atoms with Gasteiger partial charge in [0, 0.05) is 4.47 Å². The van der Waals surface area contributed by atoms with Crippen LogP contribution in [0.3, 0.4) is 0 Å². The molecule has 7 nitrogen and oxygen atoms in total. The molecule has 0 heterocycles. The fourth-order valence-electron chi connectivity index (χ4n) is 1.52. The van der Waals surface area contributed by atoms with Crippen LogP contribution in [0.25, 0.3) is 0 Å². The number of carboxylic acid groups (broad SMARTS) is 2. The third-order valence-electron chi connectivity index (χ3n) is 2.39. The number of aryl methyl sites for hydroxylation is 1. The van der Waals surface area contributed by atoms with E-state index in [1.807, 2.05) is 0 Å². The number of carboxylic acids is 2. The van der Waals surface area contributed by atoms with Crippen molar-refractivity contribution < 1.29 is 28.2 Å². The zero-order valence-electron chi connectivity index (χ0n) is 10.4. The topological polar surface area (TPSA) is 112 Å². The summed E-state index contributed by atoms with van der Waals surface area (Å²) >= 11 is 3.12. The fourth-order valence-corrected chi connectivity index (χ4v) is 3.62. The van der Waals surface area contributed by atoms with Crippen molar-refractivity contribution in [3.05, 3.63) is 28.2 Å². The second-order valence-electron chi connectivity index (χ2n) is 3.97. The van der Waals surface area contributed by atoms with Crippen molar-refractivity contribution in [3.63, 3.8) is 0 Å². The number of halogens is 1. The fraction of sp³-hybridized carbons (Fsp3) is 0.273. The molecular formula is C11H12BrNO6S. The summed E-state index contributed by atoms with van der Waals surface area (Å²) in [5.74, 6) is -2.86. The Morgan fingerprint density at radius 3 is 2.15 bits per heavy atom. The van der Waals surface area contributed by atoms with Crippen LogP contribution >= 0.6 is 15.9 Å². The predicted molar refractivity (Wildman–Crippen MR) is 72.9 cm³/mol. The average Bonchev–Trinajstić information content (AvgIpc) is 2.30. The maximum absolute atomic E-state index is 12.4. The summed E-state index contributed by atoms with van der Waals surface area (Å²) in [6.07, 6.45) is 0. The number of nitrogens with zero attached hydrogens (tertiary/aromatic N) is 1. The van der Waals surface area contributed by atoms with Crippen LogP contribution < -0.4 is 0 Å². The molecule has 2 N–H and O–H groups in total. The third kappa shape index (κ3) is 4.02. The molecule has 1 aromatic rings. The molecule has 0 aliphatic carbocycles. The first kappa shape index (κ1) is 16.6. The molecule has 0 amide bonds. The smallest absolute Gasteiger partial charge is 0.318 e. The van der Waals surface area contributed by atoms with Crippen molar-refractivity contribution in [2.24, 2.45) is 0 Å². The molecule has 0 saturated heterocycles. The monoisotopic (exact) mass is 365 g/mol. The molecule has 0 radical (unpaired) electrons. The molecule has 0 saturated carbocycles. The first-order valence-corrected chi connectivity index (χ1v) is 7.58. The summed E-state index contributed by atoms with van der Waals surface area (Å²) in [4.78, 5) is 21.3. The summed E-state index contributed by atoms with van der Waals surface area (Å²) in [6.45, 7) is -0.291. The van der Waals surface area contributed by atoms with Crippen molar-refractivity contribution >= 4 is 37.9 Å². The van der Waals surface area contributed by atoms with E-state index in [0.717, 1.165) is 0 Å². The third-order valence-corrected chi connectivity index (χ3v) is 4.82. The van der Waals surface area contributed by atoms with E-state index < -0.39 is 35.1 Å². The van der Waals surface area contributed by atoms with Crippen molar-refractivity contribution in [1.82, 2.24) is 4.31 Å². The first-order chi connectivity index (χ1) is 9.14. The van der Waals surface area contributed by atoms with E-state index in [9.17, 15) is 18.0 Å². The first-order valence-electron chi connectivity index (χ1n) is 5.34. The van der Waals surface area contributed by atoms with Crippen molar-refractivity contribution in [2.45, 2.75) is 11.8 Å². The van der Waals surface area contributed by atoms with Crippen LogP contribution in [0.2, 0.25) is 0 Å². The SMILES string of the molecule is Cc1ccc(Br)cc1S(=O)(=O)N(CC(=O)O)CC(=O)O. The van der Waals surface area contributed by atoms with Crippen LogP contribution in [0, 0.1) is 6.92 Å². The van der Waals surface area contributed by atoms with Gasteiger partial charge in [-0.3, -0.25) is 9.59 Å². The molecule has 1 aromatic carbocycles. The Morgan fingerprint density at radius 2 is 1.70 bits per heavy atom. The van der Waals surface area contributed by atoms with Crippen LogP contribution in [0.4, 0.5) is 0 Å². The largest absolute Gasteiger partial charge is 0.480 e. The Balaban J connectivity index is 3.31. The lowest BCUT2D eigenvalue weighted by atomic mass is 10.2. The number of sulfonamides is 1. The maximum atomic E-state index is 12.4. The van der Waals surface area contributed by atoms with Gasteiger partial charge in [-0.05, 0) is 24.6 Å². The number of hydrogen-bond donors (Lipinski definition) is 2. The molecule has 0 aromatic heterocycles. The minimum absolute atomic E-state index is 0.130. The lowest BCUT2D eigenvalue weighted by molar-refractivity contribution is -0.139. The summed E-state index contributed by atoms with van der Waals surface area (Å²) in [5.41, 5.74) is 0.397. The second kappa shape index (κ2) is 6.33. The van der Waals surface area contributed by atoms with Crippen LogP contribution in [-0.4, -0.2) is 48.0 Å². The number of aliphatic carboxylic acids is 2. The summed E-state index contributed by atoms with van der Waals surface area (Å²) < 4.78 is 25.6. The molecule has 0 atom stereocenters. The quantitative estimate of drug-likeness (QED) is 0.774. The Kier molecular flexibility index (Phi) is 5.26. The molecule has 1 rings (SSSR count). The van der Waals surface area contributed by atoms with Gasteiger partial charge in [0.15, 0.2) is 0 Å². The molecule has 0 spiro atoms. The summed E-state index contributed by atoms with van der Waals surface area (Å²) in [6, 6.07) is 4.48. The summed E-state index contributed by atoms with van der Waals surface area (Å²) in [7, 11) is -4.20. The minimum Gasteiger partial charge on any atom is -0.480 e. The van der Waals surface area contributed by atoms with E-state index in [2.05, 4.69) is 15.9 Å². The predicted octanol–water partition coefficient (Wildman–Crippen LogP) is 0.917. The highest BCUT2D eigenvalue weighted by Crippen LogP contribution is 2.23. The summed E-state index contributed by atoms with van der Waals surface area (Å²) in [5, 5.41) is 17.4. The molecule has 110 valence electrons. The van der Waals surface area contributed by atoms with E-state index in [1.54, 1.807) is 13.0 Å². The zero-order valence-corrected chi connectivity index (χ0v) is 12.8. The van der Waals surface area contributed by atoms with Crippen LogP contribution in [0.5, 0.6) is 0 Å². The van der Waals surface area contributed by atoms with Crippen LogP contribution in [-0.2, 0) is 19.6 Å². The van der Waals surface area contributed by atoms with Crippen LogP contribution in [0.1, 0.15) is 5.56 Å². The highest BCUT2D eigenvalue weighted by atomic mass is 79.9. The molecule has 0 aliphatic rings. The highest BCUT2D eigenvalue weighted by Gasteiger charge is 2.29. The molecule has 0 aliphatic heterocycles. The van der Waals surface area contributed by atoms with Gasteiger partial charge in [0.1, 0.15) is 13.1 Å². The van der Waals surface area contributed by atoms with E-state index >= 15 is 0 Å². The van der Waals surface area contributed by atoms with E-state index in [0.29, 0.717) is 14.3 Å². The van der Waals surface area contributed by atoms with E-state index in [-0.39, 0.29) is 4.90 Å². The van der Waals surface area contributed by atoms with Crippen molar-refractivity contribution in [1.29, 1.82) is 0 Å². The second-order valence-corrected chi connectivity index (χ2v) is 6.79. The number of benzene rings is 1. The maximum Gasteiger partial charge on any atom is 0.318 e. The Morgan fingerprint density at radius 1 is 1.20 bits per heavy atom. The molecule has 0 unspecified atom stereocenters. The molecule has 20 heavy (non-hydrogen) atoms. The van der Waals surface area contributed by atoms with Gasteiger partial charge in [0.25, 0.3) is 0 Å². The van der Waals surface area contributed by atoms with Crippen molar-refractivity contribution in [2.75, 3.05) is 13.1 Å². The lowest BCUT2D eigenvalue weighted by Gasteiger charge is -2.19.